The molecule has 8 aromatic rings. The van der Waals surface area contributed by atoms with Crippen molar-refractivity contribution in [2.45, 2.75) is 33.2 Å². The fraction of sp³-hybridized carbons (Fsp3) is 0.226. The Morgan fingerprint density at radius 1 is 0.587 bits per heavy atom. The van der Waals surface area contributed by atoms with Crippen LogP contribution in [-0.4, -0.2) is 86.2 Å². The number of hydrogen-bond donors (Lipinski definition) is 1. The minimum Gasteiger partial charge on any atom is -0.456 e. The van der Waals surface area contributed by atoms with E-state index in [0.29, 0.717) is 59.8 Å². The smallest absolute Gasteiger partial charge is 0.349 e. The van der Waals surface area contributed by atoms with Crippen LogP contribution in [0.3, 0.4) is 0 Å². The lowest BCUT2D eigenvalue weighted by atomic mass is 9.75. The van der Waals surface area contributed by atoms with Gasteiger partial charge in [0, 0.05) is 115 Å². The Bertz CT molecular complexity index is 3410. The number of hydrogen-bond acceptors (Lipinski definition) is 9. The maximum atomic E-state index is 15.5. The van der Waals surface area contributed by atoms with Crippen molar-refractivity contribution in [1.29, 1.82) is 0 Å². The molecule has 3 amide bonds. The second kappa shape index (κ2) is 20.2. The molecule has 1 unspecified atom stereocenters. The van der Waals surface area contributed by atoms with Gasteiger partial charge in [-0.05, 0) is 100 Å². The molecular weight excluding hydrogens is 956 g/mol. The van der Waals surface area contributed by atoms with E-state index in [2.05, 4.69) is 90.3 Å². The van der Waals surface area contributed by atoms with Crippen LogP contribution in [0, 0.1) is 0 Å². The maximum Gasteiger partial charge on any atom is 0.349 e. The second-order valence-electron chi connectivity index (χ2n) is 19.2. The van der Waals surface area contributed by atoms with Gasteiger partial charge in [-0.1, -0.05) is 84.9 Å². The lowest BCUT2D eigenvalue weighted by Gasteiger charge is -2.44. The number of benzene rings is 7. The molecule has 7 aromatic carbocycles. The van der Waals surface area contributed by atoms with Crippen LogP contribution in [0.4, 0.5) is 17.1 Å². The quantitative estimate of drug-likeness (QED) is 0.0840. The summed E-state index contributed by atoms with van der Waals surface area (Å²) in [6, 6.07) is 58.0. The molecule has 13 heteroatoms. The van der Waals surface area contributed by atoms with E-state index < -0.39 is 18.4 Å². The van der Waals surface area contributed by atoms with E-state index in [0.717, 1.165) is 70.3 Å². The number of piperazine rings is 1. The predicted molar refractivity (Wildman–Crippen MR) is 301 cm³/mol. The molecule has 11 rings (SSSR count). The Morgan fingerprint density at radius 2 is 1.12 bits per heavy atom. The number of hydrazine groups is 1. The van der Waals surface area contributed by atoms with Gasteiger partial charge in [-0.15, -0.1) is 0 Å². The van der Waals surface area contributed by atoms with Crippen LogP contribution in [0.1, 0.15) is 65.1 Å². The highest BCUT2D eigenvalue weighted by molar-refractivity contribution is 7.96. The number of carbonyl (C=O) groups is 3. The molecule has 0 bridgehead atoms. The number of nitrogens with one attached hydrogen (secondary N) is 1. The zero-order valence-electron chi connectivity index (χ0n) is 42.7. The topological polar surface area (TPSA) is 119 Å². The van der Waals surface area contributed by atoms with Crippen LogP contribution in [0.25, 0.3) is 11.0 Å². The predicted octanol–water partition coefficient (Wildman–Crippen LogP) is 9.33. The van der Waals surface area contributed by atoms with Gasteiger partial charge in [-0.2, -0.15) is 0 Å². The van der Waals surface area contributed by atoms with E-state index >= 15 is 9.59 Å². The number of amides is 3. The largest absolute Gasteiger partial charge is 0.456 e. The summed E-state index contributed by atoms with van der Waals surface area (Å²) in [5.74, 6) is 0.114. The van der Waals surface area contributed by atoms with Crippen molar-refractivity contribution < 1.29 is 23.5 Å². The molecule has 0 aliphatic carbocycles. The Hall–Kier alpha value is -8.21. The Morgan fingerprint density at radius 3 is 1.72 bits per heavy atom. The molecule has 1 atom stereocenters. The number of ether oxygens (including phenoxy) is 1. The lowest BCUT2D eigenvalue weighted by Crippen LogP contribution is -2.57. The highest BCUT2D eigenvalue weighted by Crippen LogP contribution is 2.59. The molecule has 1 fully saturated rings. The monoisotopic (exact) mass is 1020 g/mol. The van der Waals surface area contributed by atoms with Crippen LogP contribution in [-0.2, 0) is 10.3 Å². The minimum atomic E-state index is -2.67. The summed E-state index contributed by atoms with van der Waals surface area (Å²) in [5, 5.41) is 5.40. The number of fused-ring (bicyclic) bond motifs is 7. The lowest BCUT2D eigenvalue weighted by molar-refractivity contribution is -0.123. The van der Waals surface area contributed by atoms with Crippen molar-refractivity contribution in [3.63, 3.8) is 0 Å². The third-order valence-electron chi connectivity index (χ3n) is 15.4. The van der Waals surface area contributed by atoms with Crippen LogP contribution in [0.5, 0.6) is 11.5 Å². The molecule has 1 aromatic heterocycles. The van der Waals surface area contributed by atoms with Gasteiger partial charge in [0.15, 0.2) is 6.16 Å². The van der Waals surface area contributed by atoms with Gasteiger partial charge in [0.05, 0.1) is 0 Å². The zero-order chi connectivity index (χ0) is 51.8. The van der Waals surface area contributed by atoms with Gasteiger partial charge in [0.2, 0.25) is 0 Å². The Balaban J connectivity index is 0.957. The highest BCUT2D eigenvalue weighted by Gasteiger charge is 2.58. The Kier molecular flexibility index (Phi) is 13.2. The van der Waals surface area contributed by atoms with E-state index in [1.54, 1.807) is 16.0 Å². The summed E-state index contributed by atoms with van der Waals surface area (Å²) >= 11 is 0. The average molecular weight is 1020 g/mol. The summed E-state index contributed by atoms with van der Waals surface area (Å²) < 4.78 is 12.8. The maximum absolute atomic E-state index is 15.5. The average Bonchev–Trinajstić information content (AvgIpc) is 3.72. The molecule has 1 N–H and O–H groups in total. The van der Waals surface area contributed by atoms with E-state index in [9.17, 15) is 9.59 Å². The van der Waals surface area contributed by atoms with Gasteiger partial charge in [0.25, 0.3) is 17.7 Å². The van der Waals surface area contributed by atoms with Crippen molar-refractivity contribution in [3.8, 4) is 11.5 Å². The number of carbonyl (C=O) groups excluding carboxylic acids is 3. The van der Waals surface area contributed by atoms with Crippen molar-refractivity contribution in [2.75, 3.05) is 73.2 Å². The van der Waals surface area contributed by atoms with E-state index in [1.807, 2.05) is 127 Å². The summed E-state index contributed by atoms with van der Waals surface area (Å²) in [5.41, 5.74) is 7.20. The molecule has 3 aliphatic rings. The minimum absolute atomic E-state index is 0.0116. The van der Waals surface area contributed by atoms with Gasteiger partial charge in [0.1, 0.15) is 51.4 Å². The van der Waals surface area contributed by atoms with Crippen LogP contribution in [0.15, 0.2) is 185 Å². The van der Waals surface area contributed by atoms with Gasteiger partial charge >= 0.3 is 5.63 Å². The fourth-order valence-electron chi connectivity index (χ4n) is 11.6. The number of rotatable bonds is 14. The second-order valence-corrected chi connectivity index (χ2v) is 22.6. The third kappa shape index (κ3) is 8.37. The first-order chi connectivity index (χ1) is 36.6. The van der Waals surface area contributed by atoms with Crippen molar-refractivity contribution in [3.05, 3.63) is 214 Å². The van der Waals surface area contributed by atoms with Crippen molar-refractivity contribution in [2.24, 2.45) is 0 Å². The van der Waals surface area contributed by atoms with Gasteiger partial charge in [-0.3, -0.25) is 19.8 Å². The van der Waals surface area contributed by atoms with Gasteiger partial charge < -0.3 is 28.8 Å². The molecule has 1 saturated heterocycles. The van der Waals surface area contributed by atoms with Crippen molar-refractivity contribution >= 4 is 68.9 Å². The first-order valence-corrected chi connectivity index (χ1v) is 28.0. The van der Waals surface area contributed by atoms with Crippen molar-refractivity contribution in [1.82, 2.24) is 15.3 Å². The molecular formula is C62H60N6O6P+. The molecule has 4 heterocycles. The number of nitrogens with zero attached hydrogens (tertiary/aromatic N) is 5. The highest BCUT2D eigenvalue weighted by atomic mass is 31.2. The number of anilines is 3. The SMILES string of the molecule is CCN(CC)c1ccc2c(c1)Oc1cc(N3CCN(C(=O)c4cc5ccc(N(CC)CC)cc5oc4=O)CC3)ccc1C21c2ccccc2C(=O)N1NC(=O)C[P+](c1ccccc1)(c1ccccc1)c1ccccc1. The molecule has 0 saturated carbocycles. The molecule has 378 valence electrons. The fourth-order valence-corrected chi connectivity index (χ4v) is 15.6. The molecule has 75 heavy (non-hydrogen) atoms. The summed E-state index contributed by atoms with van der Waals surface area (Å²) in [6.45, 7) is 13.3. The molecule has 0 radical (unpaired) electrons. The Labute approximate surface area is 438 Å². The zero-order valence-corrected chi connectivity index (χ0v) is 43.6. The van der Waals surface area contributed by atoms with Crippen LogP contribution < -0.4 is 46.4 Å². The molecule has 12 nitrogen and oxygen atoms in total. The van der Waals surface area contributed by atoms with Crippen LogP contribution >= 0.6 is 7.26 Å². The summed E-state index contributed by atoms with van der Waals surface area (Å²) in [4.78, 5) is 66.5. The normalized spacial score (nSPS) is 15.8. The summed E-state index contributed by atoms with van der Waals surface area (Å²) in [6.07, 6.45) is 0.0926. The van der Waals surface area contributed by atoms with E-state index in [4.69, 9.17) is 9.15 Å². The van der Waals surface area contributed by atoms with E-state index in [1.165, 1.54) is 0 Å². The summed E-state index contributed by atoms with van der Waals surface area (Å²) in [7, 11) is -2.67. The standard InChI is InChI=1S/C62H59N6O6P/c1-5-64(6-2)44-29-28-43-38-51(61(72)74-55(43)39-44)59(70)67-36-34-66(35-37-67)46-31-33-54-57(41-46)73-56-40-45(65(7-3)8-4)30-32-53(56)62(54)52-27-19-18-26-50(52)60(71)68(62)63-58(69)42-75(47-20-12-9-13-21-47,48-22-14-10-15-23-48)49-24-16-11-17-25-49/h9-33,38-41H,5-8,34-37,42H2,1-4H3/p+1. The first-order valence-electron chi connectivity index (χ1n) is 26.0. The third-order valence-corrected chi connectivity index (χ3v) is 19.7. The molecule has 3 aliphatic heterocycles. The first kappa shape index (κ1) is 49.0. The van der Waals surface area contributed by atoms with E-state index in [-0.39, 0.29) is 29.4 Å². The van der Waals surface area contributed by atoms with Crippen LogP contribution in [0.2, 0.25) is 0 Å². The molecule has 1 spiro atoms. The van der Waals surface area contributed by atoms with Gasteiger partial charge in [-0.25, -0.2) is 9.80 Å².